The standard InChI is InChI=1S/C10H7ClN4O3/c11-5-2-7-6(17-3-18-7)1-4(5)8-9(10(12)16)14-15-13-8/h1-2H,3H2,(H2,12,16)(H,13,14,15). The molecule has 1 amide bonds. The second-order valence-electron chi connectivity index (χ2n) is 3.57. The number of amides is 1. The summed E-state index contributed by atoms with van der Waals surface area (Å²) in [6, 6.07) is 3.23. The maximum Gasteiger partial charge on any atom is 0.271 e. The van der Waals surface area contributed by atoms with Crippen molar-refractivity contribution in [1.29, 1.82) is 0 Å². The van der Waals surface area contributed by atoms with Gasteiger partial charge in [0.05, 0.1) is 5.02 Å². The molecule has 2 heterocycles. The molecule has 0 atom stereocenters. The van der Waals surface area contributed by atoms with E-state index in [9.17, 15) is 4.79 Å². The first kappa shape index (κ1) is 10.8. The van der Waals surface area contributed by atoms with Gasteiger partial charge in [0.1, 0.15) is 5.69 Å². The van der Waals surface area contributed by atoms with Crippen molar-refractivity contribution < 1.29 is 14.3 Å². The van der Waals surface area contributed by atoms with Gasteiger partial charge in [-0.2, -0.15) is 15.4 Å². The van der Waals surface area contributed by atoms with Crippen LogP contribution in [0.4, 0.5) is 0 Å². The number of H-pyrrole nitrogens is 1. The summed E-state index contributed by atoms with van der Waals surface area (Å²) in [5, 5.41) is 10.3. The number of nitrogens with one attached hydrogen (secondary N) is 1. The van der Waals surface area contributed by atoms with Gasteiger partial charge < -0.3 is 15.2 Å². The molecule has 0 unspecified atom stereocenters. The Kier molecular flexibility index (Phi) is 2.34. The summed E-state index contributed by atoms with van der Waals surface area (Å²) in [6.07, 6.45) is 0. The zero-order valence-electron chi connectivity index (χ0n) is 8.94. The summed E-state index contributed by atoms with van der Waals surface area (Å²) in [5.74, 6) is 0.396. The van der Waals surface area contributed by atoms with E-state index in [4.69, 9.17) is 26.8 Å². The lowest BCUT2D eigenvalue weighted by molar-refractivity contribution is 0.0996. The number of aromatic nitrogens is 3. The van der Waals surface area contributed by atoms with Crippen LogP contribution in [0.3, 0.4) is 0 Å². The third-order valence-electron chi connectivity index (χ3n) is 2.50. The molecule has 1 aromatic carbocycles. The molecule has 8 heteroatoms. The highest BCUT2D eigenvalue weighted by atomic mass is 35.5. The number of rotatable bonds is 2. The number of benzene rings is 1. The van der Waals surface area contributed by atoms with E-state index in [1.54, 1.807) is 12.1 Å². The van der Waals surface area contributed by atoms with Gasteiger partial charge in [-0.25, -0.2) is 0 Å². The Morgan fingerprint density at radius 1 is 1.33 bits per heavy atom. The van der Waals surface area contributed by atoms with Gasteiger partial charge in [-0.05, 0) is 6.07 Å². The van der Waals surface area contributed by atoms with Gasteiger partial charge in [0.2, 0.25) is 6.79 Å². The van der Waals surface area contributed by atoms with E-state index in [1.165, 1.54) is 0 Å². The lowest BCUT2D eigenvalue weighted by Crippen LogP contribution is -2.12. The molecule has 0 spiro atoms. The fourth-order valence-corrected chi connectivity index (χ4v) is 1.93. The monoisotopic (exact) mass is 266 g/mol. The molecular formula is C10H7ClN4O3. The summed E-state index contributed by atoms with van der Waals surface area (Å²) < 4.78 is 10.4. The summed E-state index contributed by atoms with van der Waals surface area (Å²) in [7, 11) is 0. The maximum atomic E-state index is 11.2. The molecule has 0 radical (unpaired) electrons. The molecule has 7 nitrogen and oxygen atoms in total. The second kappa shape index (κ2) is 3.88. The zero-order chi connectivity index (χ0) is 12.7. The number of fused-ring (bicyclic) bond motifs is 1. The largest absolute Gasteiger partial charge is 0.454 e. The van der Waals surface area contributed by atoms with E-state index in [0.717, 1.165) is 0 Å². The Balaban J connectivity index is 2.17. The van der Waals surface area contributed by atoms with Crippen LogP contribution in [0.5, 0.6) is 11.5 Å². The highest BCUT2D eigenvalue weighted by molar-refractivity contribution is 6.33. The van der Waals surface area contributed by atoms with Crippen molar-refractivity contribution in [3.8, 4) is 22.8 Å². The lowest BCUT2D eigenvalue weighted by Gasteiger charge is -2.03. The smallest absolute Gasteiger partial charge is 0.271 e. The fourth-order valence-electron chi connectivity index (χ4n) is 1.69. The first-order valence-corrected chi connectivity index (χ1v) is 5.34. The maximum absolute atomic E-state index is 11.2. The second-order valence-corrected chi connectivity index (χ2v) is 3.98. The number of carbonyl (C=O) groups is 1. The Labute approximate surface area is 106 Å². The van der Waals surface area contributed by atoms with Gasteiger partial charge in [-0.15, -0.1) is 0 Å². The number of primary amides is 1. The predicted molar refractivity (Wildman–Crippen MR) is 61.5 cm³/mol. The van der Waals surface area contributed by atoms with Crippen LogP contribution in [0, 0.1) is 0 Å². The predicted octanol–water partition coefficient (Wildman–Crippen LogP) is 0.953. The van der Waals surface area contributed by atoms with E-state index in [1.807, 2.05) is 0 Å². The van der Waals surface area contributed by atoms with Crippen LogP contribution < -0.4 is 15.2 Å². The van der Waals surface area contributed by atoms with Gasteiger partial charge in [0, 0.05) is 11.6 Å². The third kappa shape index (κ3) is 1.56. The molecule has 0 bridgehead atoms. The van der Waals surface area contributed by atoms with Crippen LogP contribution in [-0.2, 0) is 0 Å². The summed E-state index contributed by atoms with van der Waals surface area (Å²) in [5.41, 5.74) is 6.01. The number of hydrogen-bond acceptors (Lipinski definition) is 5. The number of aromatic amines is 1. The molecule has 0 saturated carbocycles. The van der Waals surface area contributed by atoms with E-state index >= 15 is 0 Å². The number of carbonyl (C=O) groups excluding carboxylic acids is 1. The molecule has 0 saturated heterocycles. The molecule has 1 aromatic heterocycles. The van der Waals surface area contributed by atoms with Crippen LogP contribution in [0.25, 0.3) is 11.3 Å². The number of hydrogen-bond donors (Lipinski definition) is 2. The van der Waals surface area contributed by atoms with Crippen LogP contribution in [0.1, 0.15) is 10.5 Å². The Hall–Kier alpha value is -2.28. The average molecular weight is 267 g/mol. The number of ether oxygens (including phenoxy) is 2. The first-order chi connectivity index (χ1) is 8.66. The van der Waals surface area contributed by atoms with Crippen LogP contribution in [-0.4, -0.2) is 28.1 Å². The van der Waals surface area contributed by atoms with Gasteiger partial charge >= 0.3 is 0 Å². The van der Waals surface area contributed by atoms with Crippen molar-refractivity contribution in [1.82, 2.24) is 15.4 Å². The Morgan fingerprint density at radius 2 is 2.06 bits per heavy atom. The highest BCUT2D eigenvalue weighted by Crippen LogP contribution is 2.40. The lowest BCUT2D eigenvalue weighted by atomic mass is 10.1. The van der Waals surface area contributed by atoms with Crippen LogP contribution in [0.15, 0.2) is 12.1 Å². The minimum absolute atomic E-state index is 0.0239. The van der Waals surface area contributed by atoms with E-state index in [2.05, 4.69) is 15.4 Å². The van der Waals surface area contributed by atoms with Crippen molar-refractivity contribution in [2.75, 3.05) is 6.79 Å². The molecule has 3 rings (SSSR count). The first-order valence-electron chi connectivity index (χ1n) is 4.97. The molecule has 0 fully saturated rings. The molecule has 18 heavy (non-hydrogen) atoms. The number of nitrogens with zero attached hydrogens (tertiary/aromatic N) is 2. The molecule has 1 aliphatic heterocycles. The van der Waals surface area contributed by atoms with Gasteiger partial charge in [-0.3, -0.25) is 4.79 Å². The minimum atomic E-state index is -0.688. The normalized spacial score (nSPS) is 12.7. The zero-order valence-corrected chi connectivity index (χ0v) is 9.69. The van der Waals surface area contributed by atoms with Gasteiger partial charge in [0.15, 0.2) is 17.2 Å². The Morgan fingerprint density at radius 3 is 2.78 bits per heavy atom. The highest BCUT2D eigenvalue weighted by Gasteiger charge is 2.22. The van der Waals surface area contributed by atoms with Crippen molar-refractivity contribution in [3.63, 3.8) is 0 Å². The molecule has 1 aliphatic rings. The van der Waals surface area contributed by atoms with E-state index < -0.39 is 5.91 Å². The van der Waals surface area contributed by atoms with E-state index in [0.29, 0.717) is 22.1 Å². The average Bonchev–Trinajstić information content (AvgIpc) is 2.94. The van der Waals surface area contributed by atoms with Gasteiger partial charge in [-0.1, -0.05) is 11.6 Å². The summed E-state index contributed by atoms with van der Waals surface area (Å²) in [4.78, 5) is 11.2. The van der Waals surface area contributed by atoms with Crippen LogP contribution >= 0.6 is 11.6 Å². The molecule has 92 valence electrons. The molecule has 2 aromatic rings. The van der Waals surface area contributed by atoms with Crippen molar-refractivity contribution >= 4 is 17.5 Å². The third-order valence-corrected chi connectivity index (χ3v) is 2.81. The molecular weight excluding hydrogens is 260 g/mol. The van der Waals surface area contributed by atoms with Crippen molar-refractivity contribution in [2.45, 2.75) is 0 Å². The summed E-state index contributed by atoms with van der Waals surface area (Å²) in [6.45, 7) is 0.136. The summed E-state index contributed by atoms with van der Waals surface area (Å²) >= 11 is 6.11. The topological polar surface area (TPSA) is 103 Å². The quantitative estimate of drug-likeness (QED) is 0.842. The SMILES string of the molecule is NC(=O)c1n[nH]nc1-c1cc2c(cc1Cl)OCO2. The fraction of sp³-hybridized carbons (Fsp3) is 0.100. The number of halogens is 1. The molecule has 3 N–H and O–H groups in total. The number of nitrogens with two attached hydrogens (primary N) is 1. The van der Waals surface area contributed by atoms with Crippen LogP contribution in [0.2, 0.25) is 5.02 Å². The minimum Gasteiger partial charge on any atom is -0.454 e. The van der Waals surface area contributed by atoms with Crippen molar-refractivity contribution in [3.05, 3.63) is 22.8 Å². The Bertz CT molecular complexity index is 640. The molecule has 0 aliphatic carbocycles. The van der Waals surface area contributed by atoms with Gasteiger partial charge in [0.25, 0.3) is 5.91 Å². The van der Waals surface area contributed by atoms with E-state index in [-0.39, 0.29) is 18.2 Å². The van der Waals surface area contributed by atoms with Crippen molar-refractivity contribution in [2.24, 2.45) is 5.73 Å².